The van der Waals surface area contributed by atoms with Gasteiger partial charge in [0.1, 0.15) is 5.82 Å². The Morgan fingerprint density at radius 1 is 1.19 bits per heavy atom. The van der Waals surface area contributed by atoms with Gasteiger partial charge in [0, 0.05) is 10.7 Å². The van der Waals surface area contributed by atoms with Gasteiger partial charge >= 0.3 is 5.97 Å². The summed E-state index contributed by atoms with van der Waals surface area (Å²) in [6.45, 7) is 1.66. The lowest BCUT2D eigenvalue weighted by molar-refractivity contribution is -0.136. The van der Waals surface area contributed by atoms with Crippen LogP contribution in [0, 0.1) is 5.82 Å². The number of carbonyl (C=O) groups excluding carboxylic acids is 2. The van der Waals surface area contributed by atoms with Gasteiger partial charge in [0.15, 0.2) is 0 Å². The second-order valence-corrected chi connectivity index (χ2v) is 6.12. The van der Waals surface area contributed by atoms with Crippen molar-refractivity contribution in [2.24, 2.45) is 0 Å². The Labute approximate surface area is 155 Å². The lowest BCUT2D eigenvalue weighted by atomic mass is 10.0. The van der Waals surface area contributed by atoms with Crippen molar-refractivity contribution in [3.05, 3.63) is 81.8 Å². The molecule has 2 aromatic rings. The van der Waals surface area contributed by atoms with Crippen LogP contribution < -0.4 is 4.90 Å². The predicted molar refractivity (Wildman–Crippen MR) is 98.0 cm³/mol. The van der Waals surface area contributed by atoms with E-state index in [1.54, 1.807) is 37.3 Å². The number of anilines is 1. The number of ether oxygens (including phenoxy) is 1. The molecule has 0 spiro atoms. The van der Waals surface area contributed by atoms with Crippen LogP contribution in [0.4, 0.5) is 10.1 Å². The fourth-order valence-corrected chi connectivity index (χ4v) is 3.02. The van der Waals surface area contributed by atoms with Gasteiger partial charge in [0.2, 0.25) is 0 Å². The van der Waals surface area contributed by atoms with Crippen LogP contribution in [-0.2, 0) is 14.3 Å². The van der Waals surface area contributed by atoms with E-state index in [-0.39, 0.29) is 22.9 Å². The van der Waals surface area contributed by atoms with Gasteiger partial charge in [-0.25, -0.2) is 9.18 Å². The Bertz CT molecular complexity index is 948. The maximum atomic E-state index is 13.1. The summed E-state index contributed by atoms with van der Waals surface area (Å²) in [7, 11) is 1.25. The number of hydrogen-bond acceptors (Lipinski definition) is 3. The standard InChI is InChI=1S/C20H15ClFNO3/c1-12-18(20(25)26-2)17(10-13-6-8-15(22)9-7-13)19(24)23(12)16-5-3-4-14(21)11-16/h3-11H,1-2H3/b17-10-. The molecule has 3 rings (SSSR count). The molecule has 0 aromatic heterocycles. The molecule has 0 fully saturated rings. The molecule has 0 bridgehead atoms. The Hall–Kier alpha value is -2.92. The average molecular weight is 372 g/mol. The molecule has 2 aromatic carbocycles. The van der Waals surface area contributed by atoms with Gasteiger partial charge in [0.25, 0.3) is 5.91 Å². The van der Waals surface area contributed by atoms with Crippen molar-refractivity contribution < 1.29 is 18.7 Å². The number of amides is 1. The van der Waals surface area contributed by atoms with Crippen molar-refractivity contribution in [1.29, 1.82) is 0 Å². The number of rotatable bonds is 3. The van der Waals surface area contributed by atoms with E-state index in [0.29, 0.717) is 22.0 Å². The molecule has 0 aliphatic carbocycles. The number of nitrogens with zero attached hydrogens (tertiary/aromatic N) is 1. The van der Waals surface area contributed by atoms with E-state index in [2.05, 4.69) is 0 Å². The first kappa shape index (κ1) is 17.9. The maximum absolute atomic E-state index is 13.1. The number of esters is 1. The zero-order valence-electron chi connectivity index (χ0n) is 14.1. The number of halogens is 2. The highest BCUT2D eigenvalue weighted by atomic mass is 35.5. The fraction of sp³-hybridized carbons (Fsp3) is 0.100. The van der Waals surface area contributed by atoms with E-state index >= 15 is 0 Å². The van der Waals surface area contributed by atoms with Gasteiger partial charge in [-0.2, -0.15) is 0 Å². The molecule has 1 aliphatic rings. The third-order valence-corrected chi connectivity index (χ3v) is 4.27. The van der Waals surface area contributed by atoms with Crippen LogP contribution in [0.15, 0.2) is 65.4 Å². The highest BCUT2D eigenvalue weighted by Gasteiger charge is 2.37. The molecule has 0 saturated heterocycles. The molecular formula is C20H15ClFNO3. The number of allylic oxidation sites excluding steroid dienone is 1. The fourth-order valence-electron chi connectivity index (χ4n) is 2.83. The van der Waals surface area contributed by atoms with E-state index in [1.807, 2.05) is 0 Å². The molecule has 1 amide bonds. The second kappa shape index (κ2) is 7.14. The highest BCUT2D eigenvalue weighted by Crippen LogP contribution is 2.36. The summed E-state index contributed by atoms with van der Waals surface area (Å²) >= 11 is 6.03. The zero-order valence-corrected chi connectivity index (χ0v) is 14.9. The van der Waals surface area contributed by atoms with Crippen LogP contribution in [0.3, 0.4) is 0 Å². The molecule has 4 nitrogen and oxygen atoms in total. The van der Waals surface area contributed by atoms with E-state index < -0.39 is 5.97 Å². The van der Waals surface area contributed by atoms with Crippen LogP contribution >= 0.6 is 11.6 Å². The number of methoxy groups -OCH3 is 1. The van der Waals surface area contributed by atoms with Gasteiger partial charge in [-0.1, -0.05) is 29.8 Å². The second-order valence-electron chi connectivity index (χ2n) is 5.68. The van der Waals surface area contributed by atoms with Crippen LogP contribution in [0.25, 0.3) is 6.08 Å². The highest BCUT2D eigenvalue weighted by molar-refractivity contribution is 6.31. The molecule has 6 heteroatoms. The minimum atomic E-state index is -0.617. The average Bonchev–Trinajstić information content (AvgIpc) is 2.86. The molecule has 0 atom stereocenters. The largest absolute Gasteiger partial charge is 0.465 e. The lowest BCUT2D eigenvalue weighted by Gasteiger charge is -2.18. The smallest absolute Gasteiger partial charge is 0.340 e. The normalized spacial score (nSPS) is 15.8. The first-order valence-corrected chi connectivity index (χ1v) is 8.17. The Morgan fingerprint density at radius 3 is 2.50 bits per heavy atom. The van der Waals surface area contributed by atoms with Crippen LogP contribution in [0.1, 0.15) is 12.5 Å². The third kappa shape index (κ3) is 3.26. The minimum Gasteiger partial charge on any atom is -0.465 e. The van der Waals surface area contributed by atoms with E-state index in [0.717, 1.165) is 0 Å². The summed E-state index contributed by atoms with van der Waals surface area (Å²) in [5.41, 5.74) is 1.93. The Kier molecular flexibility index (Phi) is 4.91. The monoisotopic (exact) mass is 371 g/mol. The van der Waals surface area contributed by atoms with E-state index in [1.165, 1.54) is 36.3 Å². The molecule has 132 valence electrons. The van der Waals surface area contributed by atoms with Crippen LogP contribution in [-0.4, -0.2) is 19.0 Å². The first-order chi connectivity index (χ1) is 12.4. The number of carbonyl (C=O) groups is 2. The molecule has 0 unspecified atom stereocenters. The topological polar surface area (TPSA) is 46.6 Å². The van der Waals surface area contributed by atoms with Crippen molar-refractivity contribution in [1.82, 2.24) is 0 Å². The van der Waals surface area contributed by atoms with Gasteiger partial charge in [-0.15, -0.1) is 0 Å². The number of benzene rings is 2. The van der Waals surface area contributed by atoms with Crippen molar-refractivity contribution in [3.8, 4) is 0 Å². The van der Waals surface area contributed by atoms with Crippen LogP contribution in [0.2, 0.25) is 5.02 Å². The van der Waals surface area contributed by atoms with E-state index in [9.17, 15) is 14.0 Å². The molecule has 26 heavy (non-hydrogen) atoms. The Morgan fingerprint density at radius 2 is 1.88 bits per heavy atom. The molecular weight excluding hydrogens is 357 g/mol. The molecule has 0 N–H and O–H groups in total. The first-order valence-electron chi connectivity index (χ1n) is 7.79. The van der Waals surface area contributed by atoms with Crippen molar-refractivity contribution in [2.75, 3.05) is 12.0 Å². The van der Waals surface area contributed by atoms with E-state index in [4.69, 9.17) is 16.3 Å². The van der Waals surface area contributed by atoms with Crippen molar-refractivity contribution in [3.63, 3.8) is 0 Å². The quantitative estimate of drug-likeness (QED) is 0.595. The van der Waals surface area contributed by atoms with Gasteiger partial charge in [0.05, 0.1) is 23.9 Å². The molecule has 0 radical (unpaired) electrons. The SMILES string of the molecule is COC(=O)C1=C(C)N(c2cccc(Cl)c2)C(=O)/C1=C\c1ccc(F)cc1. The summed E-state index contributed by atoms with van der Waals surface area (Å²) in [6.07, 6.45) is 1.54. The summed E-state index contributed by atoms with van der Waals surface area (Å²) in [4.78, 5) is 26.7. The van der Waals surface area contributed by atoms with Gasteiger partial charge in [-0.05, 0) is 48.9 Å². The number of hydrogen-bond donors (Lipinski definition) is 0. The summed E-state index contributed by atoms with van der Waals surface area (Å²) in [5.74, 6) is -1.38. The summed E-state index contributed by atoms with van der Waals surface area (Å²) in [5, 5.41) is 0.471. The third-order valence-electron chi connectivity index (χ3n) is 4.04. The van der Waals surface area contributed by atoms with Crippen molar-refractivity contribution >= 4 is 35.2 Å². The molecule has 0 saturated carbocycles. The van der Waals surface area contributed by atoms with Crippen LogP contribution in [0.5, 0.6) is 0 Å². The predicted octanol–water partition coefficient (Wildman–Crippen LogP) is 4.36. The minimum absolute atomic E-state index is 0.168. The molecule has 1 aliphatic heterocycles. The summed E-state index contributed by atoms with van der Waals surface area (Å²) < 4.78 is 18.0. The zero-order chi connectivity index (χ0) is 18.8. The van der Waals surface area contributed by atoms with Crippen molar-refractivity contribution in [2.45, 2.75) is 6.92 Å². The van der Waals surface area contributed by atoms with Gasteiger partial charge < -0.3 is 4.74 Å². The van der Waals surface area contributed by atoms with Gasteiger partial charge in [-0.3, -0.25) is 9.69 Å². The molecule has 1 heterocycles. The maximum Gasteiger partial charge on any atom is 0.340 e. The lowest BCUT2D eigenvalue weighted by Crippen LogP contribution is -2.24. The Balaban J connectivity index is 2.13. The summed E-state index contributed by atoms with van der Waals surface area (Å²) in [6, 6.07) is 12.4.